The average molecular weight is 221 g/mol. The van der Waals surface area contributed by atoms with E-state index in [0.717, 1.165) is 25.9 Å². The van der Waals surface area contributed by atoms with Gasteiger partial charge in [-0.15, -0.1) is 0 Å². The summed E-state index contributed by atoms with van der Waals surface area (Å²) >= 11 is 0. The lowest BCUT2D eigenvalue weighted by Crippen LogP contribution is -2.30. The van der Waals surface area contributed by atoms with Crippen LogP contribution in [0.5, 0.6) is 0 Å². The molecule has 1 rings (SSSR count). The normalized spacial score (nSPS) is 10.9. The minimum Gasteiger partial charge on any atom is -0.465 e. The Morgan fingerprint density at radius 3 is 2.56 bits per heavy atom. The van der Waals surface area contributed by atoms with Crippen molar-refractivity contribution in [2.24, 2.45) is 0 Å². The van der Waals surface area contributed by atoms with Crippen molar-refractivity contribution < 1.29 is 9.21 Å². The summed E-state index contributed by atoms with van der Waals surface area (Å²) in [7, 11) is 0. The second-order valence-electron chi connectivity index (χ2n) is 3.67. The number of amides is 1. The van der Waals surface area contributed by atoms with E-state index in [9.17, 15) is 4.79 Å². The van der Waals surface area contributed by atoms with Crippen molar-refractivity contribution in [1.29, 1.82) is 0 Å². The van der Waals surface area contributed by atoms with Gasteiger partial charge in [0.15, 0.2) is 0 Å². The molecule has 3 nitrogen and oxygen atoms in total. The molecule has 0 atom stereocenters. The zero-order valence-corrected chi connectivity index (χ0v) is 9.98. The molecule has 0 aromatic carbocycles. The summed E-state index contributed by atoms with van der Waals surface area (Å²) < 4.78 is 5.13. The highest BCUT2D eigenvalue weighted by Gasteiger charge is 2.07. The van der Waals surface area contributed by atoms with Crippen LogP contribution in [0.15, 0.2) is 28.9 Å². The first-order valence-corrected chi connectivity index (χ1v) is 5.78. The fourth-order valence-corrected chi connectivity index (χ4v) is 1.52. The summed E-state index contributed by atoms with van der Waals surface area (Å²) in [5.74, 6) is 0.765. The summed E-state index contributed by atoms with van der Waals surface area (Å²) in [5, 5.41) is 0. The fraction of sp³-hybridized carbons (Fsp3) is 0.462. The van der Waals surface area contributed by atoms with Gasteiger partial charge in [0.2, 0.25) is 5.91 Å². The molecule has 0 spiro atoms. The quantitative estimate of drug-likeness (QED) is 0.692. The van der Waals surface area contributed by atoms with Gasteiger partial charge in [0.1, 0.15) is 5.76 Å². The predicted octanol–water partition coefficient (Wildman–Crippen LogP) is 2.94. The smallest absolute Gasteiger partial charge is 0.246 e. The van der Waals surface area contributed by atoms with Gasteiger partial charge in [-0.25, -0.2) is 0 Å². The van der Waals surface area contributed by atoms with E-state index in [0.29, 0.717) is 5.76 Å². The Balaban J connectivity index is 2.54. The molecule has 0 aliphatic carbocycles. The van der Waals surface area contributed by atoms with Crippen molar-refractivity contribution in [3.8, 4) is 0 Å². The van der Waals surface area contributed by atoms with Crippen LogP contribution in [-0.2, 0) is 4.79 Å². The van der Waals surface area contributed by atoms with Crippen LogP contribution < -0.4 is 0 Å². The summed E-state index contributed by atoms with van der Waals surface area (Å²) in [6.07, 6.45) is 6.85. The minimum atomic E-state index is 0.0556. The topological polar surface area (TPSA) is 33.5 Å². The molecule has 0 saturated carbocycles. The van der Waals surface area contributed by atoms with Gasteiger partial charge in [0, 0.05) is 19.2 Å². The van der Waals surface area contributed by atoms with E-state index in [4.69, 9.17) is 4.42 Å². The number of hydrogen-bond acceptors (Lipinski definition) is 2. The highest BCUT2D eigenvalue weighted by atomic mass is 16.3. The molecule has 0 saturated heterocycles. The first-order chi connectivity index (χ1) is 7.77. The van der Waals surface area contributed by atoms with Gasteiger partial charge in [-0.1, -0.05) is 13.8 Å². The number of carbonyl (C=O) groups is 1. The van der Waals surface area contributed by atoms with E-state index in [1.54, 1.807) is 24.5 Å². The molecule has 0 radical (unpaired) electrons. The van der Waals surface area contributed by atoms with Crippen molar-refractivity contribution in [2.45, 2.75) is 26.7 Å². The standard InChI is InChI=1S/C13H19NO2/c1-3-9-14(10-4-2)13(15)8-7-12-6-5-11-16-12/h5-8,11H,3-4,9-10H2,1-2H3. The summed E-state index contributed by atoms with van der Waals surface area (Å²) in [4.78, 5) is 13.7. The maximum atomic E-state index is 11.8. The van der Waals surface area contributed by atoms with Crippen molar-refractivity contribution >= 4 is 12.0 Å². The van der Waals surface area contributed by atoms with Gasteiger partial charge in [-0.05, 0) is 31.1 Å². The van der Waals surface area contributed by atoms with Crippen molar-refractivity contribution in [2.75, 3.05) is 13.1 Å². The Bertz CT molecular complexity index is 322. The van der Waals surface area contributed by atoms with E-state index in [1.807, 2.05) is 11.0 Å². The average Bonchev–Trinajstić information content (AvgIpc) is 2.78. The molecule has 1 amide bonds. The molecule has 1 aromatic heterocycles. The van der Waals surface area contributed by atoms with Crippen LogP contribution in [0.25, 0.3) is 6.08 Å². The lowest BCUT2D eigenvalue weighted by molar-refractivity contribution is -0.126. The first kappa shape index (κ1) is 12.6. The highest BCUT2D eigenvalue weighted by Crippen LogP contribution is 2.04. The van der Waals surface area contributed by atoms with Crippen molar-refractivity contribution in [3.63, 3.8) is 0 Å². The van der Waals surface area contributed by atoms with E-state index in [-0.39, 0.29) is 5.91 Å². The highest BCUT2D eigenvalue weighted by molar-refractivity contribution is 5.91. The first-order valence-electron chi connectivity index (χ1n) is 5.78. The largest absolute Gasteiger partial charge is 0.465 e. The summed E-state index contributed by atoms with van der Waals surface area (Å²) in [6, 6.07) is 3.63. The molecule has 88 valence electrons. The Morgan fingerprint density at radius 1 is 1.38 bits per heavy atom. The number of hydrogen-bond donors (Lipinski definition) is 0. The second-order valence-corrected chi connectivity index (χ2v) is 3.67. The van der Waals surface area contributed by atoms with Crippen LogP contribution >= 0.6 is 0 Å². The second kappa shape index (κ2) is 6.88. The molecule has 1 aromatic rings. The van der Waals surface area contributed by atoms with Crippen LogP contribution in [0.1, 0.15) is 32.4 Å². The maximum Gasteiger partial charge on any atom is 0.246 e. The molecule has 0 unspecified atom stereocenters. The monoisotopic (exact) mass is 221 g/mol. The third-order valence-electron chi connectivity index (χ3n) is 2.23. The Kier molecular flexibility index (Phi) is 5.40. The zero-order valence-electron chi connectivity index (χ0n) is 9.98. The van der Waals surface area contributed by atoms with Crippen LogP contribution in [0.4, 0.5) is 0 Å². The molecule has 0 fully saturated rings. The van der Waals surface area contributed by atoms with Crippen LogP contribution in [0.3, 0.4) is 0 Å². The fourth-order valence-electron chi connectivity index (χ4n) is 1.52. The van der Waals surface area contributed by atoms with Crippen LogP contribution in [0, 0.1) is 0 Å². The van der Waals surface area contributed by atoms with E-state index in [2.05, 4.69) is 13.8 Å². The van der Waals surface area contributed by atoms with E-state index < -0.39 is 0 Å². The van der Waals surface area contributed by atoms with Crippen molar-refractivity contribution in [3.05, 3.63) is 30.2 Å². The molecule has 0 aliphatic rings. The van der Waals surface area contributed by atoms with Gasteiger partial charge in [-0.2, -0.15) is 0 Å². The third-order valence-corrected chi connectivity index (χ3v) is 2.23. The number of furan rings is 1. The lowest BCUT2D eigenvalue weighted by Gasteiger charge is -2.19. The maximum absolute atomic E-state index is 11.8. The predicted molar refractivity (Wildman–Crippen MR) is 64.9 cm³/mol. The number of nitrogens with zero attached hydrogens (tertiary/aromatic N) is 1. The van der Waals surface area contributed by atoms with Gasteiger partial charge >= 0.3 is 0 Å². The molecule has 0 N–H and O–H groups in total. The molecule has 1 heterocycles. The summed E-state index contributed by atoms with van der Waals surface area (Å²) in [6.45, 7) is 5.78. The number of rotatable bonds is 6. The molecule has 3 heteroatoms. The lowest BCUT2D eigenvalue weighted by atomic mass is 10.3. The molecule has 0 aliphatic heterocycles. The molecule has 16 heavy (non-hydrogen) atoms. The van der Waals surface area contributed by atoms with E-state index in [1.165, 1.54) is 0 Å². The minimum absolute atomic E-state index is 0.0556. The van der Waals surface area contributed by atoms with Crippen LogP contribution in [-0.4, -0.2) is 23.9 Å². The van der Waals surface area contributed by atoms with Gasteiger partial charge in [0.05, 0.1) is 6.26 Å². The van der Waals surface area contributed by atoms with Crippen molar-refractivity contribution in [1.82, 2.24) is 4.90 Å². The summed E-state index contributed by atoms with van der Waals surface area (Å²) in [5.41, 5.74) is 0. The third kappa shape index (κ3) is 3.93. The Morgan fingerprint density at radius 2 is 2.06 bits per heavy atom. The SMILES string of the molecule is CCCN(CCC)C(=O)C=Cc1ccco1. The van der Waals surface area contributed by atoms with Gasteiger partial charge in [0.25, 0.3) is 0 Å². The molecule has 0 bridgehead atoms. The Labute approximate surface area is 96.7 Å². The van der Waals surface area contributed by atoms with Gasteiger partial charge < -0.3 is 9.32 Å². The zero-order chi connectivity index (χ0) is 11.8. The molecular weight excluding hydrogens is 202 g/mol. The van der Waals surface area contributed by atoms with Crippen LogP contribution in [0.2, 0.25) is 0 Å². The van der Waals surface area contributed by atoms with E-state index >= 15 is 0 Å². The van der Waals surface area contributed by atoms with Gasteiger partial charge in [-0.3, -0.25) is 4.79 Å². The molecular formula is C13H19NO2. The Hall–Kier alpha value is -1.51. The number of carbonyl (C=O) groups excluding carboxylic acids is 1.